The lowest BCUT2D eigenvalue weighted by Gasteiger charge is -2.04. The molecule has 0 fully saturated rings. The van der Waals surface area contributed by atoms with Crippen molar-refractivity contribution in [2.75, 3.05) is 13.2 Å². The SMILES string of the molecule is NCCOc1ccc(CC=C=O)cc1. The number of hydrogen-bond donors (Lipinski definition) is 1. The van der Waals surface area contributed by atoms with Crippen molar-refractivity contribution in [1.29, 1.82) is 0 Å². The highest BCUT2D eigenvalue weighted by Crippen LogP contribution is 2.12. The van der Waals surface area contributed by atoms with E-state index in [2.05, 4.69) is 0 Å². The quantitative estimate of drug-likeness (QED) is 0.705. The molecule has 0 heterocycles. The van der Waals surface area contributed by atoms with E-state index in [1.807, 2.05) is 24.3 Å². The van der Waals surface area contributed by atoms with Gasteiger partial charge in [0.05, 0.1) is 0 Å². The van der Waals surface area contributed by atoms with Crippen LogP contribution in [0.25, 0.3) is 0 Å². The fourth-order valence-corrected chi connectivity index (χ4v) is 1.06. The molecule has 1 rings (SSSR count). The molecular formula is C11H13NO2. The Kier molecular flexibility index (Phi) is 4.48. The molecule has 0 radical (unpaired) electrons. The normalized spacial score (nSPS) is 9.21. The first-order chi connectivity index (χ1) is 6.86. The van der Waals surface area contributed by atoms with Crippen LogP contribution in [0.3, 0.4) is 0 Å². The lowest BCUT2D eigenvalue weighted by molar-refractivity contribution is 0.328. The van der Waals surface area contributed by atoms with Crippen LogP contribution in [0.4, 0.5) is 0 Å². The van der Waals surface area contributed by atoms with Gasteiger partial charge < -0.3 is 10.5 Å². The van der Waals surface area contributed by atoms with Gasteiger partial charge in [-0.3, -0.25) is 0 Å². The van der Waals surface area contributed by atoms with Crippen molar-refractivity contribution in [3.05, 3.63) is 35.9 Å². The van der Waals surface area contributed by atoms with Gasteiger partial charge in [-0.25, -0.2) is 4.79 Å². The topological polar surface area (TPSA) is 52.3 Å². The molecule has 0 aliphatic carbocycles. The van der Waals surface area contributed by atoms with E-state index in [0.717, 1.165) is 11.3 Å². The minimum Gasteiger partial charge on any atom is -0.492 e. The van der Waals surface area contributed by atoms with Crippen molar-refractivity contribution in [3.63, 3.8) is 0 Å². The Balaban J connectivity index is 2.54. The molecule has 0 saturated carbocycles. The molecule has 0 unspecified atom stereocenters. The number of rotatable bonds is 5. The third-order valence-corrected chi connectivity index (χ3v) is 1.73. The van der Waals surface area contributed by atoms with Gasteiger partial charge in [-0.15, -0.1) is 0 Å². The molecule has 0 spiro atoms. The predicted molar refractivity (Wildman–Crippen MR) is 55.0 cm³/mol. The van der Waals surface area contributed by atoms with Gasteiger partial charge in [-0.2, -0.15) is 0 Å². The molecule has 3 heteroatoms. The maximum absolute atomic E-state index is 9.97. The first kappa shape index (κ1) is 10.5. The zero-order valence-corrected chi connectivity index (χ0v) is 7.90. The fourth-order valence-electron chi connectivity index (χ4n) is 1.06. The maximum atomic E-state index is 9.97. The average Bonchev–Trinajstić information content (AvgIpc) is 2.25. The number of ether oxygens (including phenoxy) is 1. The molecular weight excluding hydrogens is 178 g/mol. The smallest absolute Gasteiger partial charge is 0.120 e. The Hall–Kier alpha value is -1.57. The standard InChI is InChI=1S/C11H13NO2/c12-7-9-14-11-5-3-10(4-6-11)2-1-8-13/h1,3-6H,2,7,9,12H2. The van der Waals surface area contributed by atoms with Crippen LogP contribution in [0.2, 0.25) is 0 Å². The number of nitrogens with two attached hydrogens (primary N) is 1. The van der Waals surface area contributed by atoms with Gasteiger partial charge in [0.2, 0.25) is 0 Å². The lowest BCUT2D eigenvalue weighted by atomic mass is 10.1. The third kappa shape index (κ3) is 3.44. The predicted octanol–water partition coefficient (Wildman–Crippen LogP) is 0.954. The molecule has 0 saturated heterocycles. The Morgan fingerprint density at radius 1 is 1.36 bits per heavy atom. The largest absolute Gasteiger partial charge is 0.492 e. The molecule has 0 atom stereocenters. The van der Waals surface area contributed by atoms with Gasteiger partial charge in [-0.1, -0.05) is 12.1 Å². The second-order valence-electron chi connectivity index (χ2n) is 2.81. The summed E-state index contributed by atoms with van der Waals surface area (Å²) in [6.45, 7) is 1.03. The first-order valence-corrected chi connectivity index (χ1v) is 4.48. The summed E-state index contributed by atoms with van der Waals surface area (Å²) in [6, 6.07) is 7.56. The van der Waals surface area contributed by atoms with Crippen molar-refractivity contribution >= 4 is 5.94 Å². The van der Waals surface area contributed by atoms with Crippen molar-refractivity contribution in [2.45, 2.75) is 6.42 Å². The van der Waals surface area contributed by atoms with Crippen LogP contribution in [-0.2, 0) is 11.2 Å². The summed E-state index contributed by atoms with van der Waals surface area (Å²) in [6.07, 6.45) is 2.07. The third-order valence-electron chi connectivity index (χ3n) is 1.73. The first-order valence-electron chi connectivity index (χ1n) is 4.48. The van der Waals surface area contributed by atoms with Crippen molar-refractivity contribution in [1.82, 2.24) is 0 Å². The van der Waals surface area contributed by atoms with E-state index in [9.17, 15) is 4.79 Å². The van der Waals surface area contributed by atoms with E-state index in [1.165, 1.54) is 6.08 Å². The molecule has 2 N–H and O–H groups in total. The second kappa shape index (κ2) is 5.97. The summed E-state index contributed by atoms with van der Waals surface area (Å²) in [5, 5.41) is 0. The van der Waals surface area contributed by atoms with Crippen LogP contribution < -0.4 is 10.5 Å². The summed E-state index contributed by atoms with van der Waals surface area (Å²) in [7, 11) is 0. The maximum Gasteiger partial charge on any atom is 0.120 e. The molecule has 0 aliphatic rings. The van der Waals surface area contributed by atoms with Crippen LogP contribution in [0.1, 0.15) is 5.56 Å². The zero-order chi connectivity index (χ0) is 10.2. The summed E-state index contributed by atoms with van der Waals surface area (Å²) in [5.41, 5.74) is 6.36. The minimum absolute atomic E-state index is 0.510. The molecule has 0 bridgehead atoms. The monoisotopic (exact) mass is 191 g/mol. The van der Waals surface area contributed by atoms with Gasteiger partial charge in [0, 0.05) is 19.0 Å². The Morgan fingerprint density at radius 2 is 2.07 bits per heavy atom. The summed E-state index contributed by atoms with van der Waals surface area (Å²) < 4.78 is 5.30. The van der Waals surface area contributed by atoms with E-state index in [4.69, 9.17) is 10.5 Å². The van der Waals surface area contributed by atoms with Gasteiger partial charge in [0.1, 0.15) is 18.3 Å². The van der Waals surface area contributed by atoms with Crippen molar-refractivity contribution in [2.24, 2.45) is 5.73 Å². The molecule has 1 aromatic carbocycles. The fraction of sp³-hybridized carbons (Fsp3) is 0.273. The van der Waals surface area contributed by atoms with Crippen LogP contribution >= 0.6 is 0 Å². The van der Waals surface area contributed by atoms with Crippen LogP contribution in [0.15, 0.2) is 30.3 Å². The molecule has 0 aliphatic heterocycles. The minimum atomic E-state index is 0.510. The molecule has 0 amide bonds. The van der Waals surface area contributed by atoms with Crippen LogP contribution in [0, 0.1) is 0 Å². The highest BCUT2D eigenvalue weighted by Gasteiger charge is 1.93. The van der Waals surface area contributed by atoms with Gasteiger partial charge in [0.15, 0.2) is 0 Å². The van der Waals surface area contributed by atoms with E-state index >= 15 is 0 Å². The summed E-state index contributed by atoms with van der Waals surface area (Å²) in [4.78, 5) is 9.97. The molecule has 1 aromatic rings. The molecule has 3 nitrogen and oxygen atoms in total. The van der Waals surface area contributed by atoms with Crippen molar-refractivity contribution < 1.29 is 9.53 Å². The van der Waals surface area contributed by atoms with Crippen molar-refractivity contribution in [3.8, 4) is 5.75 Å². The van der Waals surface area contributed by atoms with E-state index in [1.54, 1.807) is 5.94 Å². The van der Waals surface area contributed by atoms with E-state index in [0.29, 0.717) is 19.6 Å². The highest BCUT2D eigenvalue weighted by molar-refractivity contribution is 5.46. The van der Waals surface area contributed by atoms with E-state index in [-0.39, 0.29) is 0 Å². The number of benzene rings is 1. The van der Waals surface area contributed by atoms with Gasteiger partial charge >= 0.3 is 0 Å². The second-order valence-corrected chi connectivity index (χ2v) is 2.81. The summed E-state index contributed by atoms with van der Waals surface area (Å²) in [5.74, 6) is 2.54. The van der Waals surface area contributed by atoms with Crippen LogP contribution in [0.5, 0.6) is 5.75 Å². The molecule has 14 heavy (non-hydrogen) atoms. The molecule has 0 aromatic heterocycles. The van der Waals surface area contributed by atoms with E-state index < -0.39 is 0 Å². The lowest BCUT2D eigenvalue weighted by Crippen LogP contribution is -2.10. The van der Waals surface area contributed by atoms with Gasteiger partial charge in [0.25, 0.3) is 0 Å². The Morgan fingerprint density at radius 3 is 2.64 bits per heavy atom. The molecule has 74 valence electrons. The average molecular weight is 191 g/mol. The Bertz CT molecular complexity index is 313. The number of carbonyl (C=O) groups excluding carboxylic acids is 1. The van der Waals surface area contributed by atoms with Gasteiger partial charge in [-0.05, 0) is 17.7 Å². The highest BCUT2D eigenvalue weighted by atomic mass is 16.5. The summed E-state index contributed by atoms with van der Waals surface area (Å²) >= 11 is 0. The zero-order valence-electron chi connectivity index (χ0n) is 7.90. The Labute approximate surface area is 83.2 Å². The number of hydrogen-bond acceptors (Lipinski definition) is 3. The number of allylic oxidation sites excluding steroid dienone is 1. The van der Waals surface area contributed by atoms with Crippen LogP contribution in [-0.4, -0.2) is 19.1 Å².